The first-order chi connectivity index (χ1) is 13.9. The summed E-state index contributed by atoms with van der Waals surface area (Å²) < 4.78 is 3.26. The number of hydrogen-bond acceptors (Lipinski definition) is 5. The smallest absolute Gasteiger partial charge is 0.255 e. The van der Waals surface area contributed by atoms with Gasteiger partial charge in [0.15, 0.2) is 17.3 Å². The van der Waals surface area contributed by atoms with Gasteiger partial charge in [0.2, 0.25) is 0 Å². The van der Waals surface area contributed by atoms with Gasteiger partial charge < -0.3 is 5.73 Å². The lowest BCUT2D eigenvalue weighted by Gasteiger charge is -2.15. The summed E-state index contributed by atoms with van der Waals surface area (Å²) in [5.74, 6) is 0.805. The molecule has 8 heteroatoms. The fourth-order valence-electron chi connectivity index (χ4n) is 3.11. The maximum atomic E-state index is 7.63. The first-order valence-electron chi connectivity index (χ1n) is 9.76. The minimum Gasteiger partial charge on any atom is -0.382 e. The molecule has 0 saturated carbocycles. The van der Waals surface area contributed by atoms with Gasteiger partial charge >= 0.3 is 0 Å². The summed E-state index contributed by atoms with van der Waals surface area (Å²) in [6.45, 7) is 19.8. The molecule has 1 aromatic carbocycles. The summed E-state index contributed by atoms with van der Waals surface area (Å²) in [5, 5.41) is 18.1. The Morgan fingerprint density at radius 1 is 0.933 bits per heavy atom. The second-order valence-electron chi connectivity index (χ2n) is 9.29. The Kier molecular flexibility index (Phi) is 5.25. The van der Waals surface area contributed by atoms with Gasteiger partial charge in [0.25, 0.3) is 5.69 Å². The van der Waals surface area contributed by atoms with Crippen LogP contribution < -0.4 is 5.73 Å². The SMILES string of the molecule is [C-]#[N+]c1c(C(C)(C)C)nn(C)c1N=Nc1c(C(C)(C)C)nn(-c2ccccc2)c1N. The molecule has 0 fully saturated rings. The van der Waals surface area contributed by atoms with Crippen LogP contribution in [0.25, 0.3) is 10.5 Å². The first-order valence-corrected chi connectivity index (χ1v) is 9.76. The van der Waals surface area contributed by atoms with Crippen LogP contribution in [0.3, 0.4) is 0 Å². The van der Waals surface area contributed by atoms with E-state index in [4.69, 9.17) is 17.4 Å². The van der Waals surface area contributed by atoms with Gasteiger partial charge in [-0.05, 0) is 17.5 Å². The van der Waals surface area contributed by atoms with Crippen molar-refractivity contribution in [3.05, 3.63) is 53.1 Å². The molecule has 2 heterocycles. The summed E-state index contributed by atoms with van der Waals surface area (Å²) >= 11 is 0. The molecule has 0 amide bonds. The molecule has 0 saturated heterocycles. The number of hydrogen-bond donors (Lipinski definition) is 1. The van der Waals surface area contributed by atoms with Crippen molar-refractivity contribution in [2.24, 2.45) is 17.3 Å². The van der Waals surface area contributed by atoms with Gasteiger partial charge in [-0.25, -0.2) is 9.53 Å². The molecule has 0 atom stereocenters. The van der Waals surface area contributed by atoms with Crippen LogP contribution in [0.4, 0.5) is 23.0 Å². The van der Waals surface area contributed by atoms with Crippen molar-refractivity contribution >= 4 is 23.0 Å². The van der Waals surface area contributed by atoms with Crippen LogP contribution in [0.5, 0.6) is 0 Å². The molecule has 0 aliphatic carbocycles. The van der Waals surface area contributed by atoms with Crippen molar-refractivity contribution in [3.63, 3.8) is 0 Å². The average molecular weight is 405 g/mol. The highest BCUT2D eigenvalue weighted by atomic mass is 15.4. The summed E-state index contributed by atoms with van der Waals surface area (Å²) in [7, 11) is 1.76. The lowest BCUT2D eigenvalue weighted by atomic mass is 9.91. The van der Waals surface area contributed by atoms with Crippen LogP contribution in [0, 0.1) is 6.57 Å². The van der Waals surface area contributed by atoms with E-state index < -0.39 is 0 Å². The molecule has 3 rings (SSSR count). The van der Waals surface area contributed by atoms with E-state index in [2.05, 4.69) is 40.9 Å². The number of anilines is 1. The van der Waals surface area contributed by atoms with Gasteiger partial charge in [0.1, 0.15) is 0 Å². The second-order valence-corrected chi connectivity index (χ2v) is 9.29. The highest BCUT2D eigenvalue weighted by Gasteiger charge is 2.28. The van der Waals surface area contributed by atoms with Crippen molar-refractivity contribution < 1.29 is 0 Å². The Hall–Kier alpha value is -3.47. The van der Waals surface area contributed by atoms with E-state index in [-0.39, 0.29) is 10.8 Å². The predicted molar refractivity (Wildman–Crippen MR) is 119 cm³/mol. The van der Waals surface area contributed by atoms with Crippen molar-refractivity contribution in [1.82, 2.24) is 19.6 Å². The molecule has 0 aliphatic heterocycles. The largest absolute Gasteiger partial charge is 0.382 e. The van der Waals surface area contributed by atoms with Gasteiger partial charge in [0, 0.05) is 12.5 Å². The monoisotopic (exact) mass is 404 g/mol. The van der Waals surface area contributed by atoms with Crippen LogP contribution in [-0.2, 0) is 17.9 Å². The van der Waals surface area contributed by atoms with Gasteiger partial charge in [-0.2, -0.15) is 10.2 Å². The zero-order valence-electron chi connectivity index (χ0n) is 18.6. The molecule has 8 nitrogen and oxygen atoms in total. The lowest BCUT2D eigenvalue weighted by molar-refractivity contribution is 0.555. The third-order valence-electron chi connectivity index (χ3n) is 4.67. The molecule has 2 aromatic heterocycles. The number of nitrogens with two attached hydrogens (primary N) is 1. The Morgan fingerprint density at radius 3 is 2.07 bits per heavy atom. The maximum absolute atomic E-state index is 7.63. The van der Waals surface area contributed by atoms with Crippen molar-refractivity contribution in [3.8, 4) is 5.69 Å². The summed E-state index contributed by atoms with van der Waals surface area (Å²) in [5.41, 5.74) is 9.04. The van der Waals surface area contributed by atoms with Gasteiger partial charge in [-0.1, -0.05) is 59.7 Å². The van der Waals surface area contributed by atoms with Crippen LogP contribution in [0.2, 0.25) is 0 Å². The summed E-state index contributed by atoms with van der Waals surface area (Å²) in [6.07, 6.45) is 0. The Morgan fingerprint density at radius 2 is 1.53 bits per heavy atom. The zero-order chi connectivity index (χ0) is 22.3. The molecule has 156 valence electrons. The van der Waals surface area contributed by atoms with Gasteiger partial charge in [-0.15, -0.1) is 10.2 Å². The topological polar surface area (TPSA) is 90.7 Å². The van der Waals surface area contributed by atoms with E-state index >= 15 is 0 Å². The first kappa shape index (κ1) is 21.2. The molecule has 0 aliphatic rings. The number of azo groups is 1. The standard InChI is InChI=1S/C22H28N8/c1-21(2,3)17-15(19(23)30(28-17)14-12-10-9-11-13-14)25-26-20-16(24-7)18(22(4,5)6)27-29(20)8/h9-13H,23H2,1-6,8H3. The Bertz CT molecular complexity index is 1130. The summed E-state index contributed by atoms with van der Waals surface area (Å²) in [4.78, 5) is 3.68. The van der Waals surface area contributed by atoms with E-state index in [0.717, 1.165) is 11.4 Å². The lowest BCUT2D eigenvalue weighted by Crippen LogP contribution is -2.13. The second kappa shape index (κ2) is 7.41. The number of benzene rings is 1. The zero-order valence-corrected chi connectivity index (χ0v) is 18.6. The molecule has 0 unspecified atom stereocenters. The Balaban J connectivity index is 2.17. The fraction of sp³-hybridized carbons (Fsp3) is 0.409. The number of para-hydroxylation sites is 1. The maximum Gasteiger partial charge on any atom is 0.255 e. The van der Waals surface area contributed by atoms with Crippen LogP contribution in [0.1, 0.15) is 52.9 Å². The number of aryl methyl sites for hydroxylation is 1. The molecule has 30 heavy (non-hydrogen) atoms. The number of aromatic nitrogens is 4. The molecule has 0 spiro atoms. The third-order valence-corrected chi connectivity index (χ3v) is 4.67. The van der Waals surface area contributed by atoms with Crippen molar-refractivity contribution in [2.75, 3.05) is 5.73 Å². The minimum absolute atomic E-state index is 0.279. The Labute approximate surface area is 177 Å². The quantitative estimate of drug-likeness (QED) is 0.445. The molecule has 0 bridgehead atoms. The van der Waals surface area contributed by atoms with Crippen molar-refractivity contribution in [1.29, 1.82) is 0 Å². The number of nitrogen functional groups attached to an aromatic ring is 1. The highest BCUT2D eigenvalue weighted by molar-refractivity contribution is 5.69. The van der Waals surface area contributed by atoms with Gasteiger partial charge in [-0.3, -0.25) is 4.68 Å². The van der Waals surface area contributed by atoms with E-state index in [1.807, 2.05) is 51.1 Å². The van der Waals surface area contributed by atoms with Crippen molar-refractivity contribution in [2.45, 2.75) is 52.4 Å². The highest BCUT2D eigenvalue weighted by Crippen LogP contribution is 2.41. The summed E-state index contributed by atoms with van der Waals surface area (Å²) in [6, 6.07) is 9.67. The van der Waals surface area contributed by atoms with E-state index in [1.165, 1.54) is 0 Å². The van der Waals surface area contributed by atoms with E-state index in [1.54, 1.807) is 16.4 Å². The molecular weight excluding hydrogens is 376 g/mol. The van der Waals surface area contributed by atoms with Gasteiger partial charge in [0.05, 0.1) is 23.6 Å². The minimum atomic E-state index is -0.297. The van der Waals surface area contributed by atoms with Crippen LogP contribution >= 0.6 is 0 Å². The molecular formula is C22H28N8. The predicted octanol–water partition coefficient (Wildman–Crippen LogP) is 5.75. The van der Waals surface area contributed by atoms with E-state index in [0.29, 0.717) is 28.7 Å². The average Bonchev–Trinajstić information content (AvgIpc) is 3.17. The number of rotatable bonds is 3. The molecule has 0 radical (unpaired) electrons. The molecule has 3 aromatic rings. The normalized spacial score (nSPS) is 12.5. The van der Waals surface area contributed by atoms with Crippen LogP contribution in [0.15, 0.2) is 40.6 Å². The molecule has 2 N–H and O–H groups in total. The van der Waals surface area contributed by atoms with Crippen LogP contribution in [-0.4, -0.2) is 19.6 Å². The van der Waals surface area contributed by atoms with E-state index in [9.17, 15) is 0 Å². The number of nitrogens with zero attached hydrogens (tertiary/aromatic N) is 7. The fourth-order valence-corrected chi connectivity index (χ4v) is 3.11. The third kappa shape index (κ3) is 3.83.